The summed E-state index contributed by atoms with van der Waals surface area (Å²) in [6.07, 6.45) is 4.56. The van der Waals surface area contributed by atoms with Crippen LogP contribution in [0.1, 0.15) is 19.3 Å². The molecule has 94 valence electrons. The molecule has 3 rings (SSSR count). The highest BCUT2D eigenvalue weighted by molar-refractivity contribution is 5.93. The van der Waals surface area contributed by atoms with Crippen LogP contribution in [-0.2, 0) is 4.79 Å². The van der Waals surface area contributed by atoms with Crippen molar-refractivity contribution in [2.24, 2.45) is 0 Å². The molecule has 1 aliphatic rings. The minimum Gasteiger partial charge on any atom is -0.326 e. The number of rotatable bonds is 3. The number of H-pyrrole nitrogens is 1. The Morgan fingerprint density at radius 3 is 3.28 bits per heavy atom. The van der Waals surface area contributed by atoms with Gasteiger partial charge in [0.15, 0.2) is 0 Å². The van der Waals surface area contributed by atoms with Crippen LogP contribution in [0.4, 0.5) is 5.69 Å². The summed E-state index contributed by atoms with van der Waals surface area (Å²) >= 11 is 0. The summed E-state index contributed by atoms with van der Waals surface area (Å²) in [6, 6.07) is 6.09. The molecule has 0 aliphatic carbocycles. The van der Waals surface area contributed by atoms with Gasteiger partial charge in [0.2, 0.25) is 5.91 Å². The number of anilines is 1. The van der Waals surface area contributed by atoms with Crippen LogP contribution in [0.2, 0.25) is 0 Å². The number of carbonyl (C=O) groups is 1. The fraction of sp³-hybridized carbons (Fsp3) is 0.385. The first-order valence-corrected chi connectivity index (χ1v) is 6.27. The number of fused-ring (bicyclic) bond motifs is 1. The van der Waals surface area contributed by atoms with Crippen molar-refractivity contribution in [2.75, 3.05) is 11.9 Å². The number of aromatic amines is 1. The lowest BCUT2D eigenvalue weighted by atomic mass is 10.1. The lowest BCUT2D eigenvalue weighted by molar-refractivity contribution is -0.116. The van der Waals surface area contributed by atoms with E-state index in [0.29, 0.717) is 12.5 Å². The van der Waals surface area contributed by atoms with E-state index in [1.165, 1.54) is 0 Å². The Kier molecular flexibility index (Phi) is 2.98. The number of hydrogen-bond donors (Lipinski definition) is 3. The molecule has 18 heavy (non-hydrogen) atoms. The molecule has 0 saturated carbocycles. The lowest BCUT2D eigenvalue weighted by Crippen LogP contribution is -2.27. The molecule has 0 radical (unpaired) electrons. The van der Waals surface area contributed by atoms with Gasteiger partial charge in [-0.05, 0) is 37.6 Å². The second-order valence-electron chi connectivity index (χ2n) is 4.72. The summed E-state index contributed by atoms with van der Waals surface area (Å²) < 4.78 is 0. The normalized spacial score (nSPS) is 19.2. The Morgan fingerprint density at radius 2 is 2.44 bits per heavy atom. The average molecular weight is 244 g/mol. The zero-order valence-corrected chi connectivity index (χ0v) is 10.1. The molecular formula is C13H16N4O. The van der Waals surface area contributed by atoms with Crippen molar-refractivity contribution in [1.29, 1.82) is 0 Å². The molecule has 1 unspecified atom stereocenters. The van der Waals surface area contributed by atoms with E-state index in [1.54, 1.807) is 6.20 Å². The molecule has 5 nitrogen and oxygen atoms in total. The summed E-state index contributed by atoms with van der Waals surface area (Å²) in [6.45, 7) is 1.03. The number of nitrogens with zero attached hydrogens (tertiary/aromatic N) is 1. The van der Waals surface area contributed by atoms with Crippen LogP contribution in [-0.4, -0.2) is 28.7 Å². The monoisotopic (exact) mass is 244 g/mol. The molecule has 1 amide bonds. The van der Waals surface area contributed by atoms with Crippen molar-refractivity contribution in [3.63, 3.8) is 0 Å². The third-order valence-corrected chi connectivity index (χ3v) is 3.32. The summed E-state index contributed by atoms with van der Waals surface area (Å²) in [5, 5.41) is 14.1. The molecule has 2 heterocycles. The topological polar surface area (TPSA) is 69.8 Å². The summed E-state index contributed by atoms with van der Waals surface area (Å²) in [5.41, 5.74) is 1.75. The van der Waals surface area contributed by atoms with Gasteiger partial charge < -0.3 is 10.6 Å². The first kappa shape index (κ1) is 11.2. The van der Waals surface area contributed by atoms with Crippen LogP contribution in [0, 0.1) is 0 Å². The molecule has 0 spiro atoms. The average Bonchev–Trinajstić information content (AvgIpc) is 2.98. The molecule has 1 aromatic carbocycles. The van der Waals surface area contributed by atoms with Gasteiger partial charge in [-0.3, -0.25) is 9.89 Å². The van der Waals surface area contributed by atoms with Crippen LogP contribution < -0.4 is 10.6 Å². The number of benzene rings is 1. The summed E-state index contributed by atoms with van der Waals surface area (Å²) in [5.74, 6) is 0.0632. The fourth-order valence-electron chi connectivity index (χ4n) is 2.38. The highest BCUT2D eigenvalue weighted by atomic mass is 16.1. The quantitative estimate of drug-likeness (QED) is 0.768. The zero-order chi connectivity index (χ0) is 12.4. The standard InChI is InChI=1S/C13H16N4O/c18-13(7-10-2-1-5-14-10)16-11-4-3-9-8-15-17-12(9)6-11/h3-4,6,8,10,14H,1-2,5,7H2,(H,15,17)(H,16,18). The molecule has 1 fully saturated rings. The first-order chi connectivity index (χ1) is 8.81. The molecule has 0 bridgehead atoms. The van der Waals surface area contributed by atoms with E-state index >= 15 is 0 Å². The molecule has 1 saturated heterocycles. The second kappa shape index (κ2) is 4.78. The Morgan fingerprint density at radius 1 is 1.50 bits per heavy atom. The minimum atomic E-state index is 0.0632. The van der Waals surface area contributed by atoms with Gasteiger partial charge in [0.25, 0.3) is 0 Å². The van der Waals surface area contributed by atoms with Gasteiger partial charge in [-0.1, -0.05) is 0 Å². The van der Waals surface area contributed by atoms with Gasteiger partial charge in [-0.15, -0.1) is 0 Å². The Bertz CT molecular complexity index is 557. The van der Waals surface area contributed by atoms with Crippen molar-refractivity contribution < 1.29 is 4.79 Å². The number of amides is 1. The fourth-order valence-corrected chi connectivity index (χ4v) is 2.38. The molecule has 2 aromatic rings. The van der Waals surface area contributed by atoms with E-state index < -0.39 is 0 Å². The van der Waals surface area contributed by atoms with Crippen molar-refractivity contribution >= 4 is 22.5 Å². The van der Waals surface area contributed by atoms with Crippen molar-refractivity contribution in [3.8, 4) is 0 Å². The van der Waals surface area contributed by atoms with Gasteiger partial charge in [-0.2, -0.15) is 5.10 Å². The highest BCUT2D eigenvalue weighted by Gasteiger charge is 2.17. The predicted octanol–water partition coefficient (Wildman–Crippen LogP) is 1.64. The van der Waals surface area contributed by atoms with Gasteiger partial charge in [-0.25, -0.2) is 0 Å². The number of nitrogens with one attached hydrogen (secondary N) is 3. The van der Waals surface area contributed by atoms with Gasteiger partial charge in [0.05, 0.1) is 11.7 Å². The summed E-state index contributed by atoms with van der Waals surface area (Å²) in [4.78, 5) is 11.9. The maximum Gasteiger partial charge on any atom is 0.225 e. The molecular weight excluding hydrogens is 228 g/mol. The third-order valence-electron chi connectivity index (χ3n) is 3.32. The van der Waals surface area contributed by atoms with E-state index in [4.69, 9.17) is 0 Å². The molecule has 1 atom stereocenters. The van der Waals surface area contributed by atoms with Crippen LogP contribution in [0.15, 0.2) is 24.4 Å². The largest absolute Gasteiger partial charge is 0.326 e. The second-order valence-corrected chi connectivity index (χ2v) is 4.72. The molecule has 1 aliphatic heterocycles. The maximum absolute atomic E-state index is 11.9. The minimum absolute atomic E-state index is 0.0632. The third kappa shape index (κ3) is 2.36. The van der Waals surface area contributed by atoms with Gasteiger partial charge in [0, 0.05) is 23.5 Å². The predicted molar refractivity (Wildman–Crippen MR) is 70.4 cm³/mol. The van der Waals surface area contributed by atoms with E-state index in [2.05, 4.69) is 20.8 Å². The SMILES string of the molecule is O=C(CC1CCCN1)Nc1ccc2cn[nH]c2c1. The maximum atomic E-state index is 11.9. The van der Waals surface area contributed by atoms with E-state index in [0.717, 1.165) is 36.0 Å². The Hall–Kier alpha value is -1.88. The van der Waals surface area contributed by atoms with Gasteiger partial charge in [0.1, 0.15) is 0 Å². The van der Waals surface area contributed by atoms with E-state index in [9.17, 15) is 4.79 Å². The van der Waals surface area contributed by atoms with Crippen LogP contribution >= 0.6 is 0 Å². The van der Waals surface area contributed by atoms with Crippen molar-refractivity contribution in [2.45, 2.75) is 25.3 Å². The smallest absolute Gasteiger partial charge is 0.225 e. The Labute approximate surface area is 105 Å². The van der Waals surface area contributed by atoms with E-state index in [1.807, 2.05) is 18.2 Å². The van der Waals surface area contributed by atoms with Crippen LogP contribution in [0.3, 0.4) is 0 Å². The van der Waals surface area contributed by atoms with E-state index in [-0.39, 0.29) is 5.91 Å². The summed E-state index contributed by atoms with van der Waals surface area (Å²) in [7, 11) is 0. The van der Waals surface area contributed by atoms with Crippen molar-refractivity contribution in [1.82, 2.24) is 15.5 Å². The zero-order valence-electron chi connectivity index (χ0n) is 10.1. The lowest BCUT2D eigenvalue weighted by Gasteiger charge is -2.10. The molecule has 3 N–H and O–H groups in total. The van der Waals surface area contributed by atoms with Crippen LogP contribution in [0.5, 0.6) is 0 Å². The highest BCUT2D eigenvalue weighted by Crippen LogP contribution is 2.17. The number of carbonyl (C=O) groups excluding carboxylic acids is 1. The number of aromatic nitrogens is 2. The van der Waals surface area contributed by atoms with Crippen molar-refractivity contribution in [3.05, 3.63) is 24.4 Å². The Balaban J connectivity index is 1.65. The first-order valence-electron chi connectivity index (χ1n) is 6.27. The van der Waals surface area contributed by atoms with Crippen LogP contribution in [0.25, 0.3) is 10.9 Å². The number of hydrogen-bond acceptors (Lipinski definition) is 3. The van der Waals surface area contributed by atoms with Gasteiger partial charge >= 0.3 is 0 Å². The molecule has 1 aromatic heterocycles. The molecule has 5 heteroatoms.